The molecule has 0 amide bonds. The van der Waals surface area contributed by atoms with Crippen molar-refractivity contribution >= 4 is 21.9 Å². The zero-order valence-corrected chi connectivity index (χ0v) is 17.0. The number of carbonyl (C=O) groups excluding carboxylic acids is 1. The van der Waals surface area contributed by atoms with Gasteiger partial charge in [-0.05, 0) is 24.3 Å². The van der Waals surface area contributed by atoms with Gasteiger partial charge in [-0.1, -0.05) is 29.8 Å². The Morgan fingerprint density at radius 2 is 1.65 bits per heavy atom. The fourth-order valence-corrected chi connectivity index (χ4v) is 2.49. The Morgan fingerprint density at radius 3 is 2.19 bits per heavy atom. The second kappa shape index (κ2) is 10.6. The smallest absolute Gasteiger partial charge is 0.341 e. The van der Waals surface area contributed by atoms with E-state index in [1.807, 2.05) is 13.8 Å². The number of phenols is 1. The van der Waals surface area contributed by atoms with Gasteiger partial charge < -0.3 is 24.1 Å². The van der Waals surface area contributed by atoms with Crippen LogP contribution in [0.1, 0.15) is 29.8 Å². The van der Waals surface area contributed by atoms with Gasteiger partial charge in [-0.2, -0.15) is 0 Å². The van der Waals surface area contributed by atoms with Gasteiger partial charge in [-0.25, -0.2) is 4.79 Å². The third kappa shape index (κ3) is 5.29. The van der Waals surface area contributed by atoms with Crippen LogP contribution in [0.4, 0.5) is 0 Å². The van der Waals surface area contributed by atoms with Crippen LogP contribution in [0.25, 0.3) is 0 Å². The number of carbonyl (C=O) groups is 1. The van der Waals surface area contributed by atoms with Crippen molar-refractivity contribution in [3.05, 3.63) is 45.9 Å². The summed E-state index contributed by atoms with van der Waals surface area (Å²) in [6.45, 7) is 4.23. The first-order chi connectivity index (χ1) is 12.5. The predicted octanol–water partition coefficient (Wildman–Crippen LogP) is 4.56. The van der Waals surface area contributed by atoms with E-state index in [1.54, 1.807) is 32.4 Å². The minimum atomic E-state index is -0.610. The molecule has 0 saturated heterocycles. The Labute approximate surface area is 161 Å². The van der Waals surface area contributed by atoms with E-state index in [1.165, 1.54) is 19.2 Å². The number of hydrogen-bond acceptors (Lipinski definition) is 6. The first-order valence-corrected chi connectivity index (χ1v) is 8.74. The average Bonchev–Trinajstić information content (AvgIpc) is 2.67. The monoisotopic (exact) mass is 426 g/mol. The van der Waals surface area contributed by atoms with Gasteiger partial charge in [0.1, 0.15) is 23.7 Å². The van der Waals surface area contributed by atoms with E-state index in [0.717, 1.165) is 10.0 Å². The van der Waals surface area contributed by atoms with Crippen LogP contribution in [-0.4, -0.2) is 32.4 Å². The molecule has 0 heterocycles. The maximum Gasteiger partial charge on any atom is 0.341 e. The number of aromatic hydroxyl groups is 1. The predicted molar refractivity (Wildman–Crippen MR) is 102 cm³/mol. The zero-order valence-electron chi connectivity index (χ0n) is 15.5. The second-order valence-corrected chi connectivity index (χ2v) is 5.61. The third-order valence-electron chi connectivity index (χ3n) is 3.32. The van der Waals surface area contributed by atoms with Gasteiger partial charge in [-0.15, -0.1) is 0 Å². The number of methoxy groups -OCH3 is 3. The maximum absolute atomic E-state index is 11.4. The SMILES string of the molecule is CC.COC(=O)c1ccc(OCc2cc(OC)c(OC)cc2Br)cc1O. The molecule has 0 radical (unpaired) electrons. The van der Waals surface area contributed by atoms with E-state index in [-0.39, 0.29) is 17.9 Å². The highest BCUT2D eigenvalue weighted by molar-refractivity contribution is 9.10. The number of rotatable bonds is 6. The highest BCUT2D eigenvalue weighted by Gasteiger charge is 2.13. The quantitative estimate of drug-likeness (QED) is 0.682. The molecule has 0 fully saturated rings. The molecule has 6 nitrogen and oxygen atoms in total. The summed E-state index contributed by atoms with van der Waals surface area (Å²) in [4.78, 5) is 11.4. The number of esters is 1. The molecule has 0 aliphatic rings. The highest BCUT2D eigenvalue weighted by Crippen LogP contribution is 2.34. The Bertz CT molecular complexity index is 745. The van der Waals surface area contributed by atoms with Crippen LogP contribution in [0.5, 0.6) is 23.0 Å². The van der Waals surface area contributed by atoms with Gasteiger partial charge in [0.15, 0.2) is 11.5 Å². The molecule has 2 rings (SSSR count). The Hall–Kier alpha value is -2.41. The van der Waals surface area contributed by atoms with Crippen molar-refractivity contribution in [1.29, 1.82) is 0 Å². The van der Waals surface area contributed by atoms with Crippen molar-refractivity contribution in [3.63, 3.8) is 0 Å². The molecule has 0 aromatic heterocycles. The number of benzene rings is 2. The van der Waals surface area contributed by atoms with Crippen molar-refractivity contribution in [1.82, 2.24) is 0 Å². The fourth-order valence-electron chi connectivity index (χ4n) is 2.05. The molecule has 142 valence electrons. The minimum absolute atomic E-state index is 0.0807. The first kappa shape index (κ1) is 21.6. The number of phenolic OH excluding ortho intramolecular Hbond substituents is 1. The van der Waals surface area contributed by atoms with E-state index in [2.05, 4.69) is 20.7 Å². The third-order valence-corrected chi connectivity index (χ3v) is 4.06. The molecule has 26 heavy (non-hydrogen) atoms. The van der Waals surface area contributed by atoms with Crippen LogP contribution in [-0.2, 0) is 11.3 Å². The van der Waals surface area contributed by atoms with Crippen molar-refractivity contribution in [2.24, 2.45) is 0 Å². The number of ether oxygens (including phenoxy) is 4. The molecule has 7 heteroatoms. The summed E-state index contributed by atoms with van der Waals surface area (Å²) < 4.78 is 21.5. The average molecular weight is 427 g/mol. The van der Waals surface area contributed by atoms with Crippen molar-refractivity contribution in [2.75, 3.05) is 21.3 Å². The van der Waals surface area contributed by atoms with Crippen LogP contribution < -0.4 is 14.2 Å². The van der Waals surface area contributed by atoms with Gasteiger partial charge in [0.2, 0.25) is 0 Å². The van der Waals surface area contributed by atoms with Crippen molar-refractivity contribution in [2.45, 2.75) is 20.5 Å². The lowest BCUT2D eigenvalue weighted by Crippen LogP contribution is -2.02. The molecule has 0 unspecified atom stereocenters. The lowest BCUT2D eigenvalue weighted by atomic mass is 10.2. The molecule has 1 N–H and O–H groups in total. The zero-order chi connectivity index (χ0) is 19.7. The number of hydrogen-bond donors (Lipinski definition) is 1. The second-order valence-electron chi connectivity index (χ2n) is 4.76. The molecular formula is C19H23BrO6. The van der Waals surface area contributed by atoms with Gasteiger partial charge >= 0.3 is 5.97 Å². The molecule has 2 aromatic carbocycles. The van der Waals surface area contributed by atoms with Crippen LogP contribution >= 0.6 is 15.9 Å². The van der Waals surface area contributed by atoms with Gasteiger partial charge in [-0.3, -0.25) is 0 Å². The molecule has 0 spiro atoms. The first-order valence-electron chi connectivity index (χ1n) is 7.94. The fraction of sp³-hybridized carbons (Fsp3) is 0.316. The summed E-state index contributed by atoms with van der Waals surface area (Å²) in [6, 6.07) is 7.97. The molecule has 2 aromatic rings. The number of halogens is 1. The van der Waals surface area contributed by atoms with E-state index in [0.29, 0.717) is 17.2 Å². The Balaban J connectivity index is 0.00000163. The van der Waals surface area contributed by atoms with Crippen molar-refractivity contribution in [3.8, 4) is 23.0 Å². The van der Waals surface area contributed by atoms with E-state index in [4.69, 9.17) is 14.2 Å². The van der Waals surface area contributed by atoms with Crippen molar-refractivity contribution < 1.29 is 28.8 Å². The van der Waals surface area contributed by atoms with Gasteiger partial charge in [0, 0.05) is 16.1 Å². The van der Waals surface area contributed by atoms with Gasteiger partial charge in [0.25, 0.3) is 0 Å². The van der Waals surface area contributed by atoms with Gasteiger partial charge in [0.05, 0.1) is 21.3 Å². The Kier molecular flexibility index (Phi) is 8.78. The maximum atomic E-state index is 11.4. The lowest BCUT2D eigenvalue weighted by Gasteiger charge is -2.13. The molecule has 0 atom stereocenters. The molecule has 0 aliphatic heterocycles. The highest BCUT2D eigenvalue weighted by atomic mass is 79.9. The van der Waals surface area contributed by atoms with Crippen LogP contribution in [0.2, 0.25) is 0 Å². The summed E-state index contributed by atoms with van der Waals surface area (Å²) in [5.74, 6) is 0.797. The topological polar surface area (TPSA) is 74.2 Å². The largest absolute Gasteiger partial charge is 0.507 e. The normalized spacial score (nSPS) is 9.62. The van der Waals surface area contributed by atoms with Crippen LogP contribution in [0, 0.1) is 0 Å². The minimum Gasteiger partial charge on any atom is -0.507 e. The standard InChI is InChI=1S/C17H17BrO6.C2H6/c1-21-15-6-10(13(18)8-16(15)22-2)9-24-11-4-5-12(14(19)7-11)17(20)23-3;1-2/h4-8,19H,9H2,1-3H3;1-2H3. The molecule has 0 bridgehead atoms. The van der Waals surface area contributed by atoms with Crippen LogP contribution in [0.3, 0.4) is 0 Å². The summed E-state index contributed by atoms with van der Waals surface area (Å²) in [5, 5.41) is 9.87. The summed E-state index contributed by atoms with van der Waals surface area (Å²) in [6.07, 6.45) is 0. The molecule has 0 saturated carbocycles. The lowest BCUT2D eigenvalue weighted by molar-refractivity contribution is 0.0597. The Morgan fingerprint density at radius 1 is 1.04 bits per heavy atom. The van der Waals surface area contributed by atoms with E-state index < -0.39 is 5.97 Å². The van der Waals surface area contributed by atoms with E-state index in [9.17, 15) is 9.90 Å². The van der Waals surface area contributed by atoms with Crippen LogP contribution in [0.15, 0.2) is 34.8 Å². The molecule has 0 aliphatic carbocycles. The summed E-state index contributed by atoms with van der Waals surface area (Å²) in [7, 11) is 4.37. The molecular weight excluding hydrogens is 404 g/mol. The summed E-state index contributed by atoms with van der Waals surface area (Å²) >= 11 is 3.45. The summed E-state index contributed by atoms with van der Waals surface area (Å²) in [5.41, 5.74) is 0.918. The van der Waals surface area contributed by atoms with E-state index >= 15 is 0 Å².